The molecule has 0 aliphatic rings. The molecule has 0 radical (unpaired) electrons. The van der Waals surface area contributed by atoms with Crippen LogP contribution in [-0.4, -0.2) is 33.3 Å². The van der Waals surface area contributed by atoms with E-state index in [1.807, 2.05) is 20.8 Å². The topological polar surface area (TPSA) is 82.5 Å². The molecule has 1 aromatic rings. The molecule has 112 valence electrons. The van der Waals surface area contributed by atoms with Crippen molar-refractivity contribution in [2.24, 2.45) is 0 Å². The van der Waals surface area contributed by atoms with Crippen LogP contribution in [0.2, 0.25) is 0 Å². The maximum atomic E-state index is 11.1. The molecule has 0 aliphatic heterocycles. The van der Waals surface area contributed by atoms with Crippen LogP contribution >= 0.6 is 0 Å². The van der Waals surface area contributed by atoms with Crippen molar-refractivity contribution in [3.63, 3.8) is 0 Å². The van der Waals surface area contributed by atoms with Gasteiger partial charge in [-0.15, -0.1) is 0 Å². The van der Waals surface area contributed by atoms with Crippen LogP contribution in [0.5, 0.6) is 0 Å². The molecule has 0 fully saturated rings. The molecule has 0 aliphatic carbocycles. The highest BCUT2D eigenvalue weighted by Crippen LogP contribution is 2.17. The second-order valence-corrected chi connectivity index (χ2v) is 5.07. The highest BCUT2D eigenvalue weighted by molar-refractivity contribution is 5.88. The molecule has 0 saturated heterocycles. The molecular formula is C15H24N2O3. The number of nitrogens with zero attached hydrogens (tertiary/aromatic N) is 1. The summed E-state index contributed by atoms with van der Waals surface area (Å²) in [7, 11) is 0. The number of aromatic nitrogens is 1. The van der Waals surface area contributed by atoms with Gasteiger partial charge in [0.2, 0.25) is 0 Å². The lowest BCUT2D eigenvalue weighted by Crippen LogP contribution is -2.35. The van der Waals surface area contributed by atoms with E-state index in [0.29, 0.717) is 25.2 Å². The summed E-state index contributed by atoms with van der Waals surface area (Å²) in [5.41, 5.74) is 0.195. The number of carboxylic acids is 1. The first-order valence-electron chi connectivity index (χ1n) is 7.14. The van der Waals surface area contributed by atoms with E-state index in [9.17, 15) is 9.90 Å². The van der Waals surface area contributed by atoms with Crippen molar-refractivity contribution in [1.82, 2.24) is 4.98 Å². The summed E-state index contributed by atoms with van der Waals surface area (Å²) >= 11 is 0. The van der Waals surface area contributed by atoms with Gasteiger partial charge in [-0.3, -0.25) is 0 Å². The fraction of sp³-hybridized carbons (Fsp3) is 0.600. The lowest BCUT2D eigenvalue weighted by Gasteiger charge is -2.25. The molecule has 0 atom stereocenters. The van der Waals surface area contributed by atoms with Crippen molar-refractivity contribution >= 4 is 11.8 Å². The summed E-state index contributed by atoms with van der Waals surface area (Å²) in [6.07, 6.45) is 2.92. The first kappa shape index (κ1) is 16.4. The molecule has 0 amide bonds. The van der Waals surface area contributed by atoms with Crippen LogP contribution in [0.25, 0.3) is 0 Å². The molecule has 0 unspecified atom stereocenters. The van der Waals surface area contributed by atoms with E-state index in [4.69, 9.17) is 5.11 Å². The van der Waals surface area contributed by atoms with Gasteiger partial charge in [0, 0.05) is 12.2 Å². The minimum absolute atomic E-state index is 0.225. The van der Waals surface area contributed by atoms with Crippen LogP contribution in [-0.2, 0) is 6.42 Å². The van der Waals surface area contributed by atoms with Crippen LogP contribution in [0.3, 0.4) is 0 Å². The monoisotopic (exact) mass is 280 g/mol. The molecule has 0 saturated carbocycles. The van der Waals surface area contributed by atoms with Gasteiger partial charge in [-0.2, -0.15) is 0 Å². The quantitative estimate of drug-likeness (QED) is 0.682. The summed E-state index contributed by atoms with van der Waals surface area (Å²) in [5, 5.41) is 22.4. The Bertz CT molecular complexity index is 456. The Morgan fingerprint density at radius 2 is 1.95 bits per heavy atom. The van der Waals surface area contributed by atoms with E-state index < -0.39 is 11.6 Å². The minimum Gasteiger partial charge on any atom is -0.478 e. The second-order valence-electron chi connectivity index (χ2n) is 5.07. The van der Waals surface area contributed by atoms with Gasteiger partial charge in [-0.05, 0) is 31.4 Å². The van der Waals surface area contributed by atoms with E-state index in [1.165, 1.54) is 6.07 Å². The highest BCUT2D eigenvalue weighted by atomic mass is 16.4. The first-order valence-corrected chi connectivity index (χ1v) is 7.14. The number of pyridine rings is 1. The summed E-state index contributed by atoms with van der Waals surface area (Å²) in [6.45, 7) is 6.24. The van der Waals surface area contributed by atoms with E-state index in [-0.39, 0.29) is 5.56 Å². The summed E-state index contributed by atoms with van der Waals surface area (Å²) in [5.74, 6) is -0.456. The smallest absolute Gasteiger partial charge is 0.335 e. The van der Waals surface area contributed by atoms with E-state index in [1.54, 1.807) is 6.07 Å². The lowest BCUT2D eigenvalue weighted by atomic mass is 9.97. The maximum Gasteiger partial charge on any atom is 0.335 e. The molecule has 1 aromatic heterocycles. The van der Waals surface area contributed by atoms with Crippen LogP contribution in [0.1, 0.15) is 56.1 Å². The normalized spacial score (nSPS) is 11.4. The number of aliphatic hydroxyl groups is 1. The fourth-order valence-electron chi connectivity index (χ4n) is 1.94. The number of anilines is 1. The largest absolute Gasteiger partial charge is 0.478 e. The van der Waals surface area contributed by atoms with Gasteiger partial charge in [0.25, 0.3) is 0 Å². The summed E-state index contributed by atoms with van der Waals surface area (Å²) in [6, 6.07) is 3.11. The third-order valence-electron chi connectivity index (χ3n) is 3.55. The average molecular weight is 280 g/mol. The molecule has 20 heavy (non-hydrogen) atoms. The number of carboxylic acid groups (broad SMARTS) is 1. The number of rotatable bonds is 8. The van der Waals surface area contributed by atoms with Crippen molar-refractivity contribution in [2.45, 2.75) is 52.1 Å². The number of hydrogen-bond donors (Lipinski definition) is 3. The van der Waals surface area contributed by atoms with E-state index >= 15 is 0 Å². The number of aromatic carboxylic acids is 1. The van der Waals surface area contributed by atoms with Crippen LogP contribution in [0.15, 0.2) is 12.1 Å². The van der Waals surface area contributed by atoms with Crippen molar-refractivity contribution in [2.75, 3.05) is 11.9 Å². The molecule has 5 heteroatoms. The predicted octanol–water partition coefficient (Wildman–Crippen LogP) is 2.70. The Labute approximate surface area is 120 Å². The Balaban J connectivity index is 2.91. The Kier molecular flexibility index (Phi) is 5.95. The van der Waals surface area contributed by atoms with E-state index in [0.717, 1.165) is 18.5 Å². The molecule has 0 bridgehead atoms. The Hall–Kier alpha value is -1.62. The van der Waals surface area contributed by atoms with Gasteiger partial charge in [0.15, 0.2) is 0 Å². The average Bonchev–Trinajstić information content (AvgIpc) is 2.45. The number of nitrogens with one attached hydrogen (secondary N) is 1. The van der Waals surface area contributed by atoms with Gasteiger partial charge in [0.1, 0.15) is 5.82 Å². The third-order valence-corrected chi connectivity index (χ3v) is 3.55. The number of aryl methyl sites for hydroxylation is 1. The number of hydrogen-bond acceptors (Lipinski definition) is 4. The fourth-order valence-corrected chi connectivity index (χ4v) is 1.94. The first-order chi connectivity index (χ1) is 9.44. The zero-order valence-electron chi connectivity index (χ0n) is 12.4. The minimum atomic E-state index is -0.964. The lowest BCUT2D eigenvalue weighted by molar-refractivity contribution is 0.0456. The molecule has 5 nitrogen and oxygen atoms in total. The molecule has 1 rings (SSSR count). The standard InChI is InChI=1S/C15H24N2O3/c1-4-7-12-8-11(14(18)19)9-13(17-12)16-10-15(20,5-2)6-3/h8-9,20H,4-7,10H2,1-3H3,(H,16,17)(H,18,19). The van der Waals surface area contributed by atoms with Crippen LogP contribution < -0.4 is 5.32 Å². The van der Waals surface area contributed by atoms with Crippen molar-refractivity contribution in [3.05, 3.63) is 23.4 Å². The van der Waals surface area contributed by atoms with Gasteiger partial charge in [0.05, 0.1) is 11.2 Å². The Morgan fingerprint density at radius 1 is 1.30 bits per heavy atom. The Morgan fingerprint density at radius 3 is 2.45 bits per heavy atom. The van der Waals surface area contributed by atoms with E-state index in [2.05, 4.69) is 10.3 Å². The molecular weight excluding hydrogens is 256 g/mol. The second kappa shape index (κ2) is 7.24. The summed E-state index contributed by atoms with van der Waals surface area (Å²) < 4.78 is 0. The predicted molar refractivity (Wildman–Crippen MR) is 79.2 cm³/mol. The maximum absolute atomic E-state index is 11.1. The molecule has 1 heterocycles. The van der Waals surface area contributed by atoms with Crippen molar-refractivity contribution < 1.29 is 15.0 Å². The molecule has 0 spiro atoms. The van der Waals surface area contributed by atoms with Gasteiger partial charge < -0.3 is 15.5 Å². The number of carbonyl (C=O) groups is 1. The zero-order valence-corrected chi connectivity index (χ0v) is 12.4. The van der Waals surface area contributed by atoms with Gasteiger partial charge in [-0.25, -0.2) is 9.78 Å². The zero-order chi connectivity index (χ0) is 15.2. The molecule has 3 N–H and O–H groups in total. The van der Waals surface area contributed by atoms with Crippen LogP contribution in [0, 0.1) is 0 Å². The SMILES string of the molecule is CCCc1cc(C(=O)O)cc(NCC(O)(CC)CC)n1. The van der Waals surface area contributed by atoms with Crippen LogP contribution in [0.4, 0.5) is 5.82 Å². The highest BCUT2D eigenvalue weighted by Gasteiger charge is 2.22. The van der Waals surface area contributed by atoms with Crippen molar-refractivity contribution in [3.8, 4) is 0 Å². The molecule has 0 aromatic carbocycles. The van der Waals surface area contributed by atoms with Gasteiger partial charge in [-0.1, -0.05) is 27.2 Å². The summed E-state index contributed by atoms with van der Waals surface area (Å²) in [4.78, 5) is 15.5. The van der Waals surface area contributed by atoms with Gasteiger partial charge >= 0.3 is 5.97 Å². The van der Waals surface area contributed by atoms with Crippen molar-refractivity contribution in [1.29, 1.82) is 0 Å². The third kappa shape index (κ3) is 4.49.